The van der Waals surface area contributed by atoms with Gasteiger partial charge in [0, 0.05) is 23.7 Å². The number of nitrogens with two attached hydrogens (primary N) is 1. The first-order valence-corrected chi connectivity index (χ1v) is 5.68. The summed E-state index contributed by atoms with van der Waals surface area (Å²) >= 11 is 2.00. The van der Waals surface area contributed by atoms with E-state index in [1.165, 1.54) is 11.3 Å². The molecule has 0 radical (unpaired) electrons. The van der Waals surface area contributed by atoms with Crippen LogP contribution in [0.25, 0.3) is 0 Å². The average Bonchev–Trinajstić information content (AvgIpc) is 2.19. The van der Waals surface area contributed by atoms with E-state index in [4.69, 9.17) is 5.73 Å². The maximum Gasteiger partial charge on any atom is 0.0327 e. The van der Waals surface area contributed by atoms with E-state index >= 15 is 0 Å². The molecule has 0 aromatic carbocycles. The number of rotatable bonds is 1. The summed E-state index contributed by atoms with van der Waals surface area (Å²) in [5, 5.41) is 0.567. The number of hydrogen-bond acceptors (Lipinski definition) is 3. The van der Waals surface area contributed by atoms with Gasteiger partial charge in [0.05, 0.1) is 0 Å². The van der Waals surface area contributed by atoms with Crippen LogP contribution in [0.15, 0.2) is 24.5 Å². The Labute approximate surface area is 82.9 Å². The fourth-order valence-electron chi connectivity index (χ4n) is 1.62. The predicted octanol–water partition coefficient (Wildman–Crippen LogP) is 1.98. The van der Waals surface area contributed by atoms with Gasteiger partial charge in [-0.25, -0.2) is 0 Å². The summed E-state index contributed by atoms with van der Waals surface area (Å²) in [4.78, 5) is 4.13. The molecule has 0 bridgehead atoms. The highest BCUT2D eigenvalue weighted by atomic mass is 32.2. The van der Waals surface area contributed by atoms with E-state index in [2.05, 4.69) is 11.1 Å². The van der Waals surface area contributed by atoms with Crippen molar-refractivity contribution in [2.75, 3.05) is 5.75 Å². The second kappa shape index (κ2) is 4.11. The first-order valence-electron chi connectivity index (χ1n) is 4.63. The average molecular weight is 194 g/mol. The number of thioether (sulfide) groups is 1. The molecule has 0 amide bonds. The molecule has 0 saturated carbocycles. The Balaban J connectivity index is 2.08. The topological polar surface area (TPSA) is 38.9 Å². The Morgan fingerprint density at radius 1 is 1.54 bits per heavy atom. The van der Waals surface area contributed by atoms with Crippen LogP contribution >= 0.6 is 11.8 Å². The molecule has 3 heteroatoms. The van der Waals surface area contributed by atoms with Crippen LogP contribution < -0.4 is 5.73 Å². The van der Waals surface area contributed by atoms with Crippen LogP contribution in [0.3, 0.4) is 0 Å². The van der Waals surface area contributed by atoms with E-state index in [0.29, 0.717) is 11.3 Å². The molecule has 0 aliphatic carbocycles. The Bertz CT molecular complexity index is 263. The van der Waals surface area contributed by atoms with Crippen LogP contribution in [0.2, 0.25) is 0 Å². The smallest absolute Gasteiger partial charge is 0.0327 e. The molecular weight excluding hydrogens is 180 g/mol. The Hall–Kier alpha value is -0.540. The first kappa shape index (κ1) is 9.03. The van der Waals surface area contributed by atoms with Gasteiger partial charge in [0.2, 0.25) is 0 Å². The summed E-state index contributed by atoms with van der Waals surface area (Å²) in [5.74, 6) is 1.18. The van der Waals surface area contributed by atoms with Gasteiger partial charge in [-0.1, -0.05) is 6.07 Å². The highest BCUT2D eigenvalue weighted by molar-refractivity contribution is 7.99. The quantitative estimate of drug-likeness (QED) is 0.743. The van der Waals surface area contributed by atoms with Crippen LogP contribution in [-0.4, -0.2) is 16.8 Å². The number of aromatic nitrogens is 1. The minimum Gasteiger partial charge on any atom is -0.328 e. The number of nitrogens with zero attached hydrogens (tertiary/aromatic N) is 1. The van der Waals surface area contributed by atoms with Crippen LogP contribution in [-0.2, 0) is 0 Å². The van der Waals surface area contributed by atoms with E-state index in [1.54, 1.807) is 0 Å². The summed E-state index contributed by atoms with van der Waals surface area (Å²) < 4.78 is 0. The summed E-state index contributed by atoms with van der Waals surface area (Å²) in [6.45, 7) is 0. The van der Waals surface area contributed by atoms with Gasteiger partial charge in [-0.15, -0.1) is 0 Å². The predicted molar refractivity (Wildman–Crippen MR) is 56.6 cm³/mol. The molecule has 1 saturated heterocycles. The van der Waals surface area contributed by atoms with Crippen molar-refractivity contribution in [2.45, 2.75) is 24.1 Å². The van der Waals surface area contributed by atoms with Gasteiger partial charge in [-0.3, -0.25) is 4.98 Å². The van der Waals surface area contributed by atoms with Crippen molar-refractivity contribution in [2.24, 2.45) is 5.73 Å². The Morgan fingerprint density at radius 3 is 3.15 bits per heavy atom. The first-order chi connectivity index (χ1) is 6.36. The minimum absolute atomic E-state index is 0.381. The Morgan fingerprint density at radius 2 is 2.46 bits per heavy atom. The third-order valence-electron chi connectivity index (χ3n) is 2.38. The van der Waals surface area contributed by atoms with E-state index in [-0.39, 0.29) is 0 Å². The van der Waals surface area contributed by atoms with E-state index in [1.807, 2.05) is 30.2 Å². The summed E-state index contributed by atoms with van der Waals surface area (Å²) in [5.41, 5.74) is 7.25. The standard InChI is InChI=1S/C10H14N2S/c11-9-3-5-13-10(6-9)8-2-1-4-12-7-8/h1-2,4,7,9-10H,3,5-6,11H2. The summed E-state index contributed by atoms with van der Waals surface area (Å²) in [6, 6.07) is 4.52. The SMILES string of the molecule is NC1CCSC(c2cccnc2)C1. The zero-order valence-corrected chi connectivity index (χ0v) is 8.33. The van der Waals surface area contributed by atoms with Gasteiger partial charge in [0.15, 0.2) is 0 Å². The van der Waals surface area contributed by atoms with Gasteiger partial charge < -0.3 is 5.73 Å². The fraction of sp³-hybridized carbons (Fsp3) is 0.500. The molecule has 2 unspecified atom stereocenters. The number of hydrogen-bond donors (Lipinski definition) is 1. The maximum absolute atomic E-state index is 5.93. The molecule has 1 aromatic heterocycles. The van der Waals surface area contributed by atoms with Crippen molar-refractivity contribution >= 4 is 11.8 Å². The third kappa shape index (κ3) is 2.23. The van der Waals surface area contributed by atoms with E-state index in [9.17, 15) is 0 Å². The largest absolute Gasteiger partial charge is 0.328 e. The molecule has 70 valence electrons. The molecular formula is C10H14N2S. The molecule has 0 spiro atoms. The van der Waals surface area contributed by atoms with Crippen LogP contribution in [0, 0.1) is 0 Å². The van der Waals surface area contributed by atoms with Gasteiger partial charge in [-0.05, 0) is 30.2 Å². The fourth-order valence-corrected chi connectivity index (χ4v) is 3.06. The lowest BCUT2D eigenvalue weighted by Crippen LogP contribution is -2.26. The van der Waals surface area contributed by atoms with Gasteiger partial charge >= 0.3 is 0 Å². The monoisotopic (exact) mass is 194 g/mol. The molecule has 1 aliphatic heterocycles. The molecule has 2 nitrogen and oxygen atoms in total. The van der Waals surface area contributed by atoms with Gasteiger partial charge in [0.1, 0.15) is 0 Å². The highest BCUT2D eigenvalue weighted by Crippen LogP contribution is 2.37. The lowest BCUT2D eigenvalue weighted by atomic mass is 10.0. The summed E-state index contributed by atoms with van der Waals surface area (Å²) in [7, 11) is 0. The van der Waals surface area contributed by atoms with Crippen molar-refractivity contribution in [3.05, 3.63) is 30.1 Å². The molecule has 1 aliphatic rings. The van der Waals surface area contributed by atoms with Crippen molar-refractivity contribution in [1.82, 2.24) is 4.98 Å². The van der Waals surface area contributed by atoms with Crippen molar-refractivity contribution in [1.29, 1.82) is 0 Å². The van der Waals surface area contributed by atoms with E-state index < -0.39 is 0 Å². The van der Waals surface area contributed by atoms with Gasteiger partial charge in [0.25, 0.3) is 0 Å². The van der Waals surface area contributed by atoms with Crippen molar-refractivity contribution < 1.29 is 0 Å². The van der Waals surface area contributed by atoms with E-state index in [0.717, 1.165) is 12.8 Å². The zero-order valence-electron chi connectivity index (χ0n) is 7.52. The number of pyridine rings is 1. The molecule has 13 heavy (non-hydrogen) atoms. The molecule has 1 aromatic rings. The van der Waals surface area contributed by atoms with Crippen LogP contribution in [0.4, 0.5) is 0 Å². The highest BCUT2D eigenvalue weighted by Gasteiger charge is 2.20. The molecule has 1 fully saturated rings. The van der Waals surface area contributed by atoms with Crippen molar-refractivity contribution in [3.63, 3.8) is 0 Å². The zero-order chi connectivity index (χ0) is 9.10. The maximum atomic E-state index is 5.93. The molecule has 2 N–H and O–H groups in total. The lowest BCUT2D eigenvalue weighted by Gasteiger charge is -2.26. The second-order valence-corrected chi connectivity index (χ2v) is 4.74. The second-order valence-electron chi connectivity index (χ2n) is 3.43. The van der Waals surface area contributed by atoms with Crippen LogP contribution in [0.1, 0.15) is 23.7 Å². The summed E-state index contributed by atoms with van der Waals surface area (Å²) in [6.07, 6.45) is 6.02. The third-order valence-corrected chi connectivity index (χ3v) is 3.72. The molecule has 2 atom stereocenters. The van der Waals surface area contributed by atoms with Gasteiger partial charge in [-0.2, -0.15) is 11.8 Å². The molecule has 2 rings (SSSR count). The lowest BCUT2D eigenvalue weighted by molar-refractivity contribution is 0.574. The Kier molecular flexibility index (Phi) is 2.86. The normalized spacial score (nSPS) is 28.7. The minimum atomic E-state index is 0.381. The molecule has 2 heterocycles. The van der Waals surface area contributed by atoms with Crippen LogP contribution in [0.5, 0.6) is 0 Å². The van der Waals surface area contributed by atoms with Crippen molar-refractivity contribution in [3.8, 4) is 0 Å².